The molecule has 0 amide bonds. The van der Waals surface area contributed by atoms with Crippen LogP contribution < -0.4 is 5.32 Å². The molecule has 2 rings (SSSR count). The van der Waals surface area contributed by atoms with Crippen LogP contribution in [-0.4, -0.2) is 31.9 Å². The Morgan fingerprint density at radius 3 is 2.46 bits per heavy atom. The normalized spacial score (nSPS) is 19.4. The van der Waals surface area contributed by atoms with E-state index in [9.17, 15) is 4.39 Å². The molecule has 0 aliphatic carbocycles. The van der Waals surface area contributed by atoms with Crippen molar-refractivity contribution in [2.45, 2.75) is 45.3 Å². The van der Waals surface area contributed by atoms with Gasteiger partial charge >= 0.3 is 7.12 Å². The largest absolute Gasteiger partial charge is 0.491 e. The van der Waals surface area contributed by atoms with Gasteiger partial charge in [0.1, 0.15) is 5.82 Å². The Balaban J connectivity index is 2.33. The summed E-state index contributed by atoms with van der Waals surface area (Å²) in [5.41, 5.74) is 1.30. The molecule has 0 saturated carbocycles. The van der Waals surface area contributed by atoms with Crippen LogP contribution in [0.2, 0.25) is 0 Å². The Bertz CT molecular complexity index is 664. The van der Waals surface area contributed by atoms with Crippen molar-refractivity contribution in [3.8, 4) is 6.07 Å². The molecular weight excluding hydrogens is 306 g/mol. The van der Waals surface area contributed by atoms with E-state index in [0.717, 1.165) is 11.0 Å². The molecule has 24 heavy (non-hydrogen) atoms. The lowest BCUT2D eigenvalue weighted by atomic mass is 9.77. The van der Waals surface area contributed by atoms with Crippen molar-refractivity contribution < 1.29 is 13.7 Å². The Morgan fingerprint density at radius 1 is 1.29 bits per heavy atom. The lowest BCUT2D eigenvalue weighted by Crippen LogP contribution is -2.41. The van der Waals surface area contributed by atoms with Gasteiger partial charge in [0.2, 0.25) is 0 Å². The minimum Gasteiger partial charge on any atom is -0.400 e. The average Bonchev–Trinajstić information content (AvgIpc) is 2.71. The molecule has 4 nitrogen and oxygen atoms in total. The minimum atomic E-state index is -0.466. The van der Waals surface area contributed by atoms with Crippen LogP contribution in [0, 0.1) is 17.1 Å². The molecule has 128 valence electrons. The number of nitrogens with one attached hydrogen (secondary N) is 1. The molecular formula is C18H24BFN2O2. The van der Waals surface area contributed by atoms with Gasteiger partial charge < -0.3 is 14.6 Å². The topological polar surface area (TPSA) is 54.3 Å². The van der Waals surface area contributed by atoms with Gasteiger partial charge in [-0.3, -0.25) is 0 Å². The van der Waals surface area contributed by atoms with Crippen LogP contribution >= 0.6 is 0 Å². The smallest absolute Gasteiger partial charge is 0.400 e. The SMILES string of the molecule is CNCC(=Cc1ccc(F)c(CC#N)c1)B1OC(C)(C)C(C)(C)O1. The molecule has 0 unspecified atom stereocenters. The summed E-state index contributed by atoms with van der Waals surface area (Å²) in [6.45, 7) is 8.61. The molecule has 1 aromatic carbocycles. The predicted molar refractivity (Wildman–Crippen MR) is 93.7 cm³/mol. The zero-order chi connectivity index (χ0) is 18.0. The molecule has 6 heteroatoms. The summed E-state index contributed by atoms with van der Waals surface area (Å²) in [7, 11) is 1.39. The van der Waals surface area contributed by atoms with Crippen LogP contribution in [0.15, 0.2) is 23.7 Å². The Kier molecular flexibility index (Phi) is 5.49. The zero-order valence-corrected chi connectivity index (χ0v) is 14.9. The highest BCUT2D eigenvalue weighted by Gasteiger charge is 2.52. The van der Waals surface area contributed by atoms with Gasteiger partial charge in [0.15, 0.2) is 0 Å². The first kappa shape index (κ1) is 18.7. The van der Waals surface area contributed by atoms with E-state index in [1.54, 1.807) is 12.1 Å². The first-order valence-corrected chi connectivity index (χ1v) is 8.06. The maximum atomic E-state index is 13.7. The van der Waals surface area contributed by atoms with E-state index in [0.29, 0.717) is 12.1 Å². The summed E-state index contributed by atoms with van der Waals surface area (Å²) in [5.74, 6) is -0.362. The molecule has 1 aromatic rings. The van der Waals surface area contributed by atoms with E-state index in [1.807, 2.05) is 46.9 Å². The summed E-state index contributed by atoms with van der Waals surface area (Å²) in [6.07, 6.45) is 1.98. The first-order valence-electron chi connectivity index (χ1n) is 8.06. The van der Waals surface area contributed by atoms with Crippen LogP contribution in [0.1, 0.15) is 38.8 Å². The van der Waals surface area contributed by atoms with Crippen molar-refractivity contribution in [3.05, 3.63) is 40.6 Å². The second-order valence-electron chi connectivity index (χ2n) is 7.02. The van der Waals surface area contributed by atoms with Crippen LogP contribution in [0.4, 0.5) is 4.39 Å². The van der Waals surface area contributed by atoms with Crippen molar-refractivity contribution in [1.82, 2.24) is 5.32 Å². The third-order valence-electron chi connectivity index (χ3n) is 4.63. The predicted octanol–water partition coefficient (Wildman–Crippen LogP) is 3.13. The zero-order valence-electron chi connectivity index (χ0n) is 14.9. The third kappa shape index (κ3) is 3.86. The van der Waals surface area contributed by atoms with Crippen LogP contribution in [0.5, 0.6) is 0 Å². The Hall–Kier alpha value is -1.68. The minimum absolute atomic E-state index is 0.0470. The summed E-state index contributed by atoms with van der Waals surface area (Å²) in [4.78, 5) is 0. The van der Waals surface area contributed by atoms with E-state index < -0.39 is 18.3 Å². The molecule has 0 atom stereocenters. The number of halogens is 1. The van der Waals surface area contributed by atoms with Gasteiger partial charge in [0.05, 0.1) is 23.7 Å². The van der Waals surface area contributed by atoms with Crippen LogP contribution in [-0.2, 0) is 15.7 Å². The molecule has 1 saturated heterocycles. The number of nitriles is 1. The van der Waals surface area contributed by atoms with E-state index in [4.69, 9.17) is 14.6 Å². The lowest BCUT2D eigenvalue weighted by Gasteiger charge is -2.32. The number of benzene rings is 1. The standard InChI is InChI=1S/C18H24BFN2O2/c1-17(2)18(3,4)24-19(23-17)15(12-22-5)11-13-6-7-16(20)14(10-13)8-9-21/h6-7,10-11,22H,8,12H2,1-5H3. The first-order chi connectivity index (χ1) is 11.2. The van der Waals surface area contributed by atoms with Gasteiger partial charge in [-0.15, -0.1) is 0 Å². The summed E-state index contributed by atoms with van der Waals surface area (Å²) in [6, 6.07) is 6.76. The van der Waals surface area contributed by atoms with Crippen LogP contribution in [0.25, 0.3) is 6.08 Å². The highest BCUT2D eigenvalue weighted by molar-refractivity contribution is 6.55. The number of hydrogen-bond donors (Lipinski definition) is 1. The van der Waals surface area contributed by atoms with Gasteiger partial charge in [0, 0.05) is 12.1 Å². The summed E-state index contributed by atoms with van der Waals surface area (Å²) >= 11 is 0. The molecule has 1 aliphatic heterocycles. The van der Waals surface area contributed by atoms with E-state index >= 15 is 0 Å². The van der Waals surface area contributed by atoms with E-state index in [-0.39, 0.29) is 12.2 Å². The van der Waals surface area contributed by atoms with Crippen molar-refractivity contribution in [2.24, 2.45) is 0 Å². The summed E-state index contributed by atoms with van der Waals surface area (Å²) < 4.78 is 25.9. The summed E-state index contributed by atoms with van der Waals surface area (Å²) in [5, 5.41) is 11.9. The van der Waals surface area contributed by atoms with Gasteiger partial charge in [0.25, 0.3) is 0 Å². The number of rotatable bonds is 5. The van der Waals surface area contributed by atoms with Gasteiger partial charge in [-0.25, -0.2) is 4.39 Å². The van der Waals surface area contributed by atoms with Gasteiger partial charge in [-0.05, 0) is 57.9 Å². The molecule has 0 radical (unpaired) electrons. The maximum Gasteiger partial charge on any atom is 0.491 e. The molecule has 0 aromatic heterocycles. The monoisotopic (exact) mass is 330 g/mol. The molecule has 1 aliphatic rings. The van der Waals surface area contributed by atoms with Crippen LogP contribution in [0.3, 0.4) is 0 Å². The van der Waals surface area contributed by atoms with Crippen molar-refractivity contribution in [1.29, 1.82) is 5.26 Å². The number of nitrogens with zero attached hydrogens (tertiary/aromatic N) is 1. The van der Waals surface area contributed by atoms with Gasteiger partial charge in [-0.2, -0.15) is 5.26 Å². The van der Waals surface area contributed by atoms with E-state index in [1.165, 1.54) is 6.07 Å². The van der Waals surface area contributed by atoms with Crippen molar-refractivity contribution in [2.75, 3.05) is 13.6 Å². The lowest BCUT2D eigenvalue weighted by molar-refractivity contribution is 0.00578. The highest BCUT2D eigenvalue weighted by Crippen LogP contribution is 2.38. The molecule has 1 heterocycles. The Morgan fingerprint density at radius 2 is 1.92 bits per heavy atom. The molecule has 0 spiro atoms. The maximum absolute atomic E-state index is 13.7. The third-order valence-corrected chi connectivity index (χ3v) is 4.63. The average molecular weight is 330 g/mol. The molecule has 1 fully saturated rings. The second-order valence-corrected chi connectivity index (χ2v) is 7.02. The fraction of sp³-hybridized carbons (Fsp3) is 0.500. The highest BCUT2D eigenvalue weighted by atomic mass is 19.1. The number of likely N-dealkylation sites (N-methyl/N-ethyl adjacent to an activating group) is 1. The quantitative estimate of drug-likeness (QED) is 0.843. The van der Waals surface area contributed by atoms with Crippen molar-refractivity contribution in [3.63, 3.8) is 0 Å². The second kappa shape index (κ2) is 7.06. The molecule has 1 N–H and O–H groups in total. The fourth-order valence-electron chi connectivity index (χ4n) is 2.52. The number of hydrogen-bond acceptors (Lipinski definition) is 4. The Labute approximate surface area is 143 Å². The van der Waals surface area contributed by atoms with Gasteiger partial charge in [-0.1, -0.05) is 12.1 Å². The fourth-order valence-corrected chi connectivity index (χ4v) is 2.52. The molecule has 0 bridgehead atoms. The van der Waals surface area contributed by atoms with E-state index in [2.05, 4.69) is 5.32 Å². The van der Waals surface area contributed by atoms with Crippen molar-refractivity contribution >= 4 is 13.2 Å².